The van der Waals surface area contributed by atoms with Crippen LogP contribution in [0.4, 0.5) is 27.8 Å². The summed E-state index contributed by atoms with van der Waals surface area (Å²) < 4.78 is 81.6. The molecule has 2 aromatic rings. The van der Waals surface area contributed by atoms with Crippen LogP contribution in [0, 0.1) is 12.7 Å². The van der Waals surface area contributed by atoms with Gasteiger partial charge in [-0.1, -0.05) is 0 Å². The largest absolute Gasteiger partial charge is 0.489 e. The summed E-state index contributed by atoms with van der Waals surface area (Å²) in [5.74, 6) is -2.32. The lowest BCUT2D eigenvalue weighted by Gasteiger charge is -2.13. The summed E-state index contributed by atoms with van der Waals surface area (Å²) in [5.41, 5.74) is 0.286. The van der Waals surface area contributed by atoms with E-state index in [1.165, 1.54) is 13.3 Å². The molecule has 0 saturated heterocycles. The van der Waals surface area contributed by atoms with Crippen molar-refractivity contribution in [3.05, 3.63) is 40.0 Å². The molecule has 154 valence electrons. The molecule has 0 fully saturated rings. The van der Waals surface area contributed by atoms with Crippen molar-refractivity contribution in [2.45, 2.75) is 24.7 Å². The van der Waals surface area contributed by atoms with Crippen molar-refractivity contribution in [3.63, 3.8) is 0 Å². The number of aryl methyl sites for hydroxylation is 1. The zero-order chi connectivity index (χ0) is 20.9. The highest BCUT2D eigenvalue weighted by Gasteiger charge is 2.32. The predicted octanol–water partition coefficient (Wildman–Crippen LogP) is 4.32. The lowest BCUT2D eigenvalue weighted by atomic mass is 10.2. The zero-order valence-electron chi connectivity index (χ0n) is 14.4. The van der Waals surface area contributed by atoms with E-state index in [9.17, 15) is 26.2 Å². The molecule has 1 atom stereocenters. The molecule has 0 radical (unpaired) electrons. The molecule has 1 aromatic heterocycles. The van der Waals surface area contributed by atoms with Gasteiger partial charge in [0.1, 0.15) is 31.2 Å². The van der Waals surface area contributed by atoms with E-state index in [1.54, 1.807) is 0 Å². The first kappa shape index (κ1) is 22.5. The molecule has 0 aliphatic heterocycles. The monoisotopic (exact) mass is 487 g/mol. The lowest BCUT2D eigenvalue weighted by Crippen LogP contribution is -2.19. The van der Waals surface area contributed by atoms with E-state index in [4.69, 9.17) is 4.74 Å². The van der Waals surface area contributed by atoms with Crippen LogP contribution in [0.15, 0.2) is 27.8 Å². The first-order chi connectivity index (χ1) is 13.1. The van der Waals surface area contributed by atoms with Crippen molar-refractivity contribution < 1.29 is 30.9 Å². The van der Waals surface area contributed by atoms with E-state index in [1.807, 2.05) is 0 Å². The zero-order valence-corrected chi connectivity index (χ0v) is 16.8. The summed E-state index contributed by atoms with van der Waals surface area (Å²) >= 11 is 3.15. The highest BCUT2D eigenvalue weighted by Crippen LogP contribution is 2.28. The Morgan fingerprint density at radius 1 is 1.29 bits per heavy atom. The van der Waals surface area contributed by atoms with Crippen LogP contribution in [0.25, 0.3) is 0 Å². The average Bonchev–Trinajstić information content (AvgIpc) is 2.59. The smallest absolute Gasteiger partial charge is 0.400 e. The first-order valence-corrected chi connectivity index (χ1v) is 9.91. The Hall–Kier alpha value is -1.82. The van der Waals surface area contributed by atoms with E-state index in [-0.39, 0.29) is 35.1 Å². The number of nitrogens with one attached hydrogen (secondary N) is 1. The summed E-state index contributed by atoms with van der Waals surface area (Å²) in [6.07, 6.45) is -3.44. The number of ether oxygens (including phenoxy) is 1. The minimum atomic E-state index is -4.61. The first-order valence-electron chi connectivity index (χ1n) is 7.79. The number of nitrogens with zero attached hydrogens (tertiary/aromatic N) is 2. The lowest BCUT2D eigenvalue weighted by molar-refractivity contribution is -0.105. The second-order valence-electron chi connectivity index (χ2n) is 5.54. The molecule has 0 amide bonds. The van der Waals surface area contributed by atoms with Crippen LogP contribution in [0.5, 0.6) is 5.75 Å². The van der Waals surface area contributed by atoms with Crippen molar-refractivity contribution in [1.29, 1.82) is 0 Å². The molecule has 2 rings (SSSR count). The molecule has 28 heavy (non-hydrogen) atoms. The van der Waals surface area contributed by atoms with E-state index in [0.717, 1.165) is 12.1 Å². The third-order valence-electron chi connectivity index (χ3n) is 3.41. The van der Waals surface area contributed by atoms with Gasteiger partial charge in [0.05, 0.1) is 27.5 Å². The molecule has 0 aliphatic carbocycles. The van der Waals surface area contributed by atoms with Gasteiger partial charge in [-0.3, -0.25) is 4.21 Å². The van der Waals surface area contributed by atoms with Gasteiger partial charge in [0.25, 0.3) is 0 Å². The van der Waals surface area contributed by atoms with Crippen LogP contribution < -0.4 is 10.1 Å². The maximum Gasteiger partial charge on any atom is 0.400 e. The Bertz CT molecular complexity index is 867. The highest BCUT2D eigenvalue weighted by molar-refractivity contribution is 9.10. The van der Waals surface area contributed by atoms with E-state index < -0.39 is 35.2 Å². The number of halogens is 6. The molecule has 12 heteroatoms. The normalized spacial score (nSPS) is 12.7. The van der Waals surface area contributed by atoms with Crippen LogP contribution >= 0.6 is 15.9 Å². The summed E-state index contributed by atoms with van der Waals surface area (Å²) in [6.45, 7) is 0.635. The molecule has 0 bridgehead atoms. The molecule has 1 unspecified atom stereocenters. The van der Waals surface area contributed by atoms with Crippen LogP contribution in [0.2, 0.25) is 0 Å². The molecule has 1 N–H and O–H groups in total. The van der Waals surface area contributed by atoms with Crippen molar-refractivity contribution in [2.24, 2.45) is 0 Å². The van der Waals surface area contributed by atoms with Crippen LogP contribution in [-0.4, -0.2) is 39.3 Å². The van der Waals surface area contributed by atoms with Gasteiger partial charge < -0.3 is 10.1 Å². The quantitative estimate of drug-likeness (QED) is 0.443. The van der Waals surface area contributed by atoms with Crippen molar-refractivity contribution in [1.82, 2.24) is 9.97 Å². The molecule has 0 saturated carbocycles. The fourth-order valence-electron chi connectivity index (χ4n) is 2.17. The number of benzene rings is 1. The van der Waals surface area contributed by atoms with Gasteiger partial charge in [0, 0.05) is 4.90 Å². The van der Waals surface area contributed by atoms with Gasteiger partial charge >= 0.3 is 6.18 Å². The number of hydrogen-bond acceptors (Lipinski definition) is 5. The molecule has 5 nitrogen and oxygen atoms in total. The molecule has 1 heterocycles. The maximum atomic E-state index is 14.0. The SMILES string of the molecule is Cc1cc(F)c(OCCNc2ncnc(CF)c2Br)cc1S(=O)CC(F)(F)F. The average molecular weight is 488 g/mol. The Kier molecular flexibility index (Phi) is 7.70. The Labute approximate surface area is 168 Å². The van der Waals surface area contributed by atoms with Gasteiger partial charge in [0.15, 0.2) is 11.6 Å². The van der Waals surface area contributed by atoms with Crippen molar-refractivity contribution in [2.75, 3.05) is 24.2 Å². The summed E-state index contributed by atoms with van der Waals surface area (Å²) in [4.78, 5) is 7.52. The van der Waals surface area contributed by atoms with Gasteiger partial charge in [-0.25, -0.2) is 18.7 Å². The molecular weight excluding hydrogens is 473 g/mol. The summed E-state index contributed by atoms with van der Waals surface area (Å²) in [5, 5.41) is 2.84. The standard InChI is InChI=1S/C16H15BrF5N3O2S/c1-9-4-10(19)12(5-13(9)28(26)7-16(20,21)22)27-3-2-23-15-14(17)11(6-18)24-8-25-15/h4-5,8H,2-3,6-7H2,1H3,(H,23,24,25). The topological polar surface area (TPSA) is 64.1 Å². The highest BCUT2D eigenvalue weighted by atomic mass is 79.9. The van der Waals surface area contributed by atoms with E-state index in [2.05, 4.69) is 31.2 Å². The van der Waals surface area contributed by atoms with Crippen molar-refractivity contribution >= 4 is 32.5 Å². The van der Waals surface area contributed by atoms with Gasteiger partial charge in [-0.05, 0) is 40.5 Å². The van der Waals surface area contributed by atoms with Gasteiger partial charge in [-0.15, -0.1) is 0 Å². The Morgan fingerprint density at radius 2 is 2.00 bits per heavy atom. The van der Waals surface area contributed by atoms with Gasteiger partial charge in [-0.2, -0.15) is 13.2 Å². The van der Waals surface area contributed by atoms with Crippen LogP contribution in [0.3, 0.4) is 0 Å². The number of rotatable bonds is 8. The third kappa shape index (κ3) is 6.09. The molecular formula is C16H15BrF5N3O2S. The fourth-order valence-corrected chi connectivity index (χ4v) is 3.73. The molecule has 0 spiro atoms. The second kappa shape index (κ2) is 9.59. The van der Waals surface area contributed by atoms with Crippen molar-refractivity contribution in [3.8, 4) is 5.75 Å². The molecule has 1 aromatic carbocycles. The van der Waals surface area contributed by atoms with Gasteiger partial charge in [0.2, 0.25) is 0 Å². The number of hydrogen-bond donors (Lipinski definition) is 1. The Balaban J connectivity index is 2.02. The number of anilines is 1. The second-order valence-corrected chi connectivity index (χ2v) is 7.76. The maximum absolute atomic E-state index is 14.0. The minimum absolute atomic E-state index is 0.0767. The number of aromatic nitrogens is 2. The molecule has 0 aliphatic rings. The van der Waals surface area contributed by atoms with Crippen LogP contribution in [-0.2, 0) is 17.5 Å². The minimum Gasteiger partial charge on any atom is -0.489 e. The van der Waals surface area contributed by atoms with Crippen LogP contribution in [0.1, 0.15) is 11.3 Å². The summed E-state index contributed by atoms with van der Waals surface area (Å²) in [6, 6.07) is 1.98. The summed E-state index contributed by atoms with van der Waals surface area (Å²) in [7, 11) is -2.37. The predicted molar refractivity (Wildman–Crippen MR) is 97.0 cm³/mol. The van der Waals surface area contributed by atoms with E-state index >= 15 is 0 Å². The third-order valence-corrected chi connectivity index (χ3v) is 5.76. The Morgan fingerprint density at radius 3 is 2.64 bits per heavy atom. The number of alkyl halides is 4. The fraction of sp³-hybridized carbons (Fsp3) is 0.375. The van der Waals surface area contributed by atoms with E-state index in [0.29, 0.717) is 10.3 Å².